The first-order valence-electron chi connectivity index (χ1n) is 8.69. The van der Waals surface area contributed by atoms with Crippen LogP contribution in [0.4, 0.5) is 0 Å². The predicted molar refractivity (Wildman–Crippen MR) is 92.3 cm³/mol. The van der Waals surface area contributed by atoms with Crippen LogP contribution in [0.5, 0.6) is 0 Å². The van der Waals surface area contributed by atoms with Gasteiger partial charge in [0.15, 0.2) is 0 Å². The van der Waals surface area contributed by atoms with E-state index in [1.54, 1.807) is 18.7 Å². The fourth-order valence-electron chi connectivity index (χ4n) is 3.32. The summed E-state index contributed by atoms with van der Waals surface area (Å²) in [6.45, 7) is 8.25. The van der Waals surface area contributed by atoms with Crippen molar-refractivity contribution in [3.8, 4) is 0 Å². The van der Waals surface area contributed by atoms with Crippen LogP contribution >= 0.6 is 0 Å². The van der Waals surface area contributed by atoms with E-state index in [1.165, 1.54) is 0 Å². The number of hydrogen-bond donors (Lipinski definition) is 1. The predicted octanol–water partition coefficient (Wildman–Crippen LogP) is 2.40. The number of aromatic nitrogens is 3. The Kier molecular flexibility index (Phi) is 4.74. The number of nitrogens with zero attached hydrogens (tertiary/aromatic N) is 3. The zero-order chi connectivity index (χ0) is 18.1. The number of likely N-dealkylation sites (tertiary alicyclic amines) is 1. The third-order valence-electron chi connectivity index (χ3n) is 4.70. The molecule has 1 fully saturated rings. The normalized spacial score (nSPS) is 17.5. The molecule has 0 saturated carbocycles. The minimum Gasteiger partial charge on any atom is -0.361 e. The number of aryl methyl sites for hydroxylation is 2. The van der Waals surface area contributed by atoms with E-state index in [2.05, 4.69) is 15.1 Å². The lowest BCUT2D eigenvalue weighted by molar-refractivity contribution is -0.131. The van der Waals surface area contributed by atoms with Crippen molar-refractivity contribution in [3.05, 3.63) is 45.0 Å². The maximum atomic E-state index is 12.8. The summed E-state index contributed by atoms with van der Waals surface area (Å²) in [4.78, 5) is 33.7. The molecule has 1 aliphatic rings. The van der Waals surface area contributed by atoms with Gasteiger partial charge in [-0.3, -0.25) is 9.59 Å². The van der Waals surface area contributed by atoms with Crippen molar-refractivity contribution in [1.29, 1.82) is 0 Å². The van der Waals surface area contributed by atoms with Crippen molar-refractivity contribution in [3.63, 3.8) is 0 Å². The van der Waals surface area contributed by atoms with Crippen LogP contribution in [0.15, 0.2) is 15.4 Å². The van der Waals surface area contributed by atoms with Crippen molar-refractivity contribution in [2.45, 2.75) is 58.9 Å². The van der Waals surface area contributed by atoms with E-state index in [1.807, 2.05) is 19.9 Å². The first kappa shape index (κ1) is 17.4. The van der Waals surface area contributed by atoms with Crippen molar-refractivity contribution in [2.24, 2.45) is 0 Å². The molecule has 0 aromatic carbocycles. The van der Waals surface area contributed by atoms with Crippen molar-refractivity contribution in [1.82, 2.24) is 20.0 Å². The lowest BCUT2D eigenvalue weighted by Gasteiger charge is -2.23. The van der Waals surface area contributed by atoms with E-state index >= 15 is 0 Å². The second-order valence-corrected chi connectivity index (χ2v) is 6.95. The Hall–Kier alpha value is -2.44. The van der Waals surface area contributed by atoms with Crippen LogP contribution in [-0.4, -0.2) is 32.5 Å². The van der Waals surface area contributed by atoms with E-state index in [9.17, 15) is 9.59 Å². The molecule has 0 spiro atoms. The smallest absolute Gasteiger partial charge is 0.254 e. The standard InChI is InChI=1S/C18H24N4O3/c1-10(2)16-9-14(21-25-16)15-6-5-7-22(15)17(23)8-13-11(3)19-12(4)20-18(13)24/h9-10,15H,5-8H2,1-4H3,(H,19,20,24)/t15-/m0/s1. The Bertz CT molecular complexity index is 837. The van der Waals surface area contributed by atoms with Crippen molar-refractivity contribution >= 4 is 5.91 Å². The van der Waals surface area contributed by atoms with Gasteiger partial charge in [0.05, 0.1) is 12.5 Å². The topological polar surface area (TPSA) is 92.1 Å². The lowest BCUT2D eigenvalue weighted by atomic mass is 10.1. The molecule has 2 aromatic heterocycles. The van der Waals surface area contributed by atoms with Gasteiger partial charge in [0, 0.05) is 29.8 Å². The summed E-state index contributed by atoms with van der Waals surface area (Å²) >= 11 is 0. The van der Waals surface area contributed by atoms with Crippen LogP contribution < -0.4 is 5.56 Å². The summed E-state index contributed by atoms with van der Waals surface area (Å²) in [6, 6.07) is 1.86. The van der Waals surface area contributed by atoms with Crippen LogP contribution in [0.2, 0.25) is 0 Å². The highest BCUT2D eigenvalue weighted by Gasteiger charge is 2.33. The largest absolute Gasteiger partial charge is 0.361 e. The monoisotopic (exact) mass is 344 g/mol. The quantitative estimate of drug-likeness (QED) is 0.919. The zero-order valence-corrected chi connectivity index (χ0v) is 15.1. The van der Waals surface area contributed by atoms with E-state index in [0.717, 1.165) is 24.3 Å². The molecular weight excluding hydrogens is 320 g/mol. The van der Waals surface area contributed by atoms with Crippen LogP contribution in [0.1, 0.15) is 67.2 Å². The first-order chi connectivity index (χ1) is 11.9. The third-order valence-corrected chi connectivity index (χ3v) is 4.70. The van der Waals surface area contributed by atoms with Crippen LogP contribution in [0, 0.1) is 13.8 Å². The van der Waals surface area contributed by atoms with Gasteiger partial charge in [0.25, 0.3) is 5.56 Å². The molecule has 7 nitrogen and oxygen atoms in total. The lowest BCUT2D eigenvalue weighted by Crippen LogP contribution is -2.34. The number of rotatable bonds is 4. The van der Waals surface area contributed by atoms with Gasteiger partial charge in [-0.25, -0.2) is 4.98 Å². The summed E-state index contributed by atoms with van der Waals surface area (Å²) in [5, 5.41) is 4.16. The highest BCUT2D eigenvalue weighted by atomic mass is 16.5. The number of aromatic amines is 1. The molecule has 1 aliphatic heterocycles. The molecule has 25 heavy (non-hydrogen) atoms. The van der Waals surface area contributed by atoms with Gasteiger partial charge in [-0.1, -0.05) is 19.0 Å². The molecule has 1 amide bonds. The van der Waals surface area contributed by atoms with Crippen molar-refractivity contribution < 1.29 is 9.32 Å². The molecule has 2 aromatic rings. The SMILES string of the molecule is Cc1nc(C)c(CC(=O)N2CCC[C@H]2c2cc(C(C)C)on2)c(=O)[nH]1. The van der Waals surface area contributed by atoms with Gasteiger partial charge in [0.1, 0.15) is 17.3 Å². The van der Waals surface area contributed by atoms with Gasteiger partial charge in [-0.05, 0) is 26.7 Å². The molecule has 1 atom stereocenters. The number of hydrogen-bond acceptors (Lipinski definition) is 5. The van der Waals surface area contributed by atoms with Gasteiger partial charge in [0.2, 0.25) is 5.91 Å². The van der Waals surface area contributed by atoms with Gasteiger partial charge in [-0.2, -0.15) is 0 Å². The van der Waals surface area contributed by atoms with Gasteiger partial charge >= 0.3 is 0 Å². The Morgan fingerprint density at radius 2 is 2.20 bits per heavy atom. The minimum absolute atomic E-state index is 0.0554. The molecule has 1 N–H and O–H groups in total. The highest BCUT2D eigenvalue weighted by Crippen LogP contribution is 2.33. The van der Waals surface area contributed by atoms with Crippen LogP contribution in [-0.2, 0) is 11.2 Å². The Balaban J connectivity index is 1.80. The molecule has 0 radical (unpaired) electrons. The summed E-state index contributed by atoms with van der Waals surface area (Å²) in [5.41, 5.74) is 1.60. The van der Waals surface area contributed by atoms with Crippen LogP contribution in [0.25, 0.3) is 0 Å². The molecule has 0 aliphatic carbocycles. The highest BCUT2D eigenvalue weighted by molar-refractivity contribution is 5.79. The van der Waals surface area contributed by atoms with E-state index in [-0.39, 0.29) is 29.8 Å². The molecule has 3 heterocycles. The number of carbonyl (C=O) groups is 1. The average molecular weight is 344 g/mol. The summed E-state index contributed by atoms with van der Waals surface area (Å²) < 4.78 is 5.38. The molecule has 0 bridgehead atoms. The zero-order valence-electron chi connectivity index (χ0n) is 15.1. The second kappa shape index (κ2) is 6.82. The first-order valence-corrected chi connectivity index (χ1v) is 8.69. The van der Waals surface area contributed by atoms with E-state index in [4.69, 9.17) is 4.52 Å². The molecule has 0 unspecified atom stereocenters. The molecule has 1 saturated heterocycles. The van der Waals surface area contributed by atoms with Crippen molar-refractivity contribution in [2.75, 3.05) is 6.54 Å². The summed E-state index contributed by atoms with van der Waals surface area (Å²) in [5.74, 6) is 1.56. The van der Waals surface area contributed by atoms with Crippen LogP contribution in [0.3, 0.4) is 0 Å². The third kappa shape index (κ3) is 3.50. The van der Waals surface area contributed by atoms with Gasteiger partial charge in [-0.15, -0.1) is 0 Å². The second-order valence-electron chi connectivity index (χ2n) is 6.95. The minimum atomic E-state index is -0.238. The molecule has 7 heteroatoms. The number of nitrogens with one attached hydrogen (secondary N) is 1. The fourth-order valence-corrected chi connectivity index (χ4v) is 3.32. The Morgan fingerprint density at radius 1 is 1.44 bits per heavy atom. The Labute approximate surface area is 146 Å². The van der Waals surface area contributed by atoms with E-state index in [0.29, 0.717) is 23.6 Å². The summed E-state index contributed by atoms with van der Waals surface area (Å²) in [7, 11) is 0. The maximum absolute atomic E-state index is 12.8. The molecule has 134 valence electrons. The molecule has 3 rings (SSSR count). The number of amides is 1. The van der Waals surface area contributed by atoms with Gasteiger partial charge < -0.3 is 14.4 Å². The number of H-pyrrole nitrogens is 1. The van der Waals surface area contributed by atoms with E-state index < -0.39 is 0 Å². The summed E-state index contributed by atoms with van der Waals surface area (Å²) in [6.07, 6.45) is 1.83. The fraction of sp³-hybridized carbons (Fsp3) is 0.556. The maximum Gasteiger partial charge on any atom is 0.254 e. The molecular formula is C18H24N4O3. The number of carbonyl (C=O) groups excluding carboxylic acids is 1. The average Bonchev–Trinajstić information content (AvgIpc) is 3.18. The Morgan fingerprint density at radius 3 is 2.84 bits per heavy atom.